The Bertz CT molecular complexity index is 1290. The number of cyclic esters (lactones) is 1. The molecule has 2 aliphatic carbocycles. The van der Waals surface area contributed by atoms with E-state index in [-0.39, 0.29) is 36.0 Å². The van der Waals surface area contributed by atoms with E-state index in [1.807, 2.05) is 0 Å². The molecule has 1 aromatic rings. The Hall–Kier alpha value is -2.57. The molecule has 6 nitrogen and oxygen atoms in total. The van der Waals surface area contributed by atoms with Crippen LogP contribution in [0.25, 0.3) is 0 Å². The summed E-state index contributed by atoms with van der Waals surface area (Å²) < 4.78 is 18.0. The molecule has 0 amide bonds. The highest BCUT2D eigenvalue weighted by molar-refractivity contribution is 5.93. The van der Waals surface area contributed by atoms with Crippen LogP contribution in [0.1, 0.15) is 83.6 Å². The van der Waals surface area contributed by atoms with Gasteiger partial charge in [0.1, 0.15) is 5.76 Å². The summed E-state index contributed by atoms with van der Waals surface area (Å²) in [6.07, 6.45) is 11.1. The van der Waals surface area contributed by atoms with Gasteiger partial charge >= 0.3 is 5.97 Å². The molecule has 2 saturated carbocycles. The molecular weight excluding hydrogens is 514 g/mol. The molecule has 0 bridgehead atoms. The van der Waals surface area contributed by atoms with Crippen molar-refractivity contribution in [2.75, 3.05) is 13.7 Å². The van der Waals surface area contributed by atoms with Crippen LogP contribution in [0.4, 0.5) is 0 Å². The van der Waals surface area contributed by atoms with E-state index in [1.54, 1.807) is 14.0 Å². The Kier molecular flexibility index (Phi) is 6.86. The van der Waals surface area contributed by atoms with Crippen molar-refractivity contribution in [3.05, 3.63) is 70.6 Å². The predicted octanol–water partition coefficient (Wildman–Crippen LogP) is 6.44. The number of hydrogen-bond acceptors (Lipinski definition) is 6. The zero-order chi connectivity index (χ0) is 28.5. The number of aliphatic hydroxyl groups is 1. The number of allylic oxidation sites excluding steroid dienone is 1. The molecule has 8 atom stereocenters. The van der Waals surface area contributed by atoms with Crippen molar-refractivity contribution in [2.24, 2.45) is 29.1 Å². The summed E-state index contributed by atoms with van der Waals surface area (Å²) in [7, 11) is 1.58. The number of carbonyl (C=O) groups is 1. The van der Waals surface area contributed by atoms with Gasteiger partial charge in [0.15, 0.2) is 11.5 Å². The summed E-state index contributed by atoms with van der Waals surface area (Å²) in [5.41, 5.74) is 2.31. The summed E-state index contributed by atoms with van der Waals surface area (Å²) in [6, 6.07) is 11.7. The fourth-order valence-electron chi connectivity index (χ4n) is 10.2. The number of hydrogen-bond donors (Lipinski definition) is 1. The minimum Gasteiger partial charge on any atom is -0.492 e. The van der Waals surface area contributed by atoms with E-state index in [0.29, 0.717) is 46.0 Å². The highest BCUT2D eigenvalue weighted by atomic mass is 16.6. The van der Waals surface area contributed by atoms with Crippen LogP contribution in [-0.2, 0) is 19.0 Å². The van der Waals surface area contributed by atoms with Crippen molar-refractivity contribution in [2.45, 2.75) is 96.2 Å². The molecule has 4 heterocycles. The average Bonchev–Trinajstić information content (AvgIpc) is 3.70. The number of aliphatic hydroxyl groups excluding tert-OH is 1. The van der Waals surface area contributed by atoms with Crippen LogP contribution in [0.2, 0.25) is 0 Å². The molecule has 7 rings (SSSR count). The van der Waals surface area contributed by atoms with Crippen LogP contribution in [0.5, 0.6) is 0 Å². The second-order valence-electron chi connectivity index (χ2n) is 13.5. The lowest BCUT2D eigenvalue weighted by Crippen LogP contribution is -2.60. The number of esters is 1. The predicted molar refractivity (Wildman–Crippen MR) is 156 cm³/mol. The van der Waals surface area contributed by atoms with Crippen LogP contribution in [0.3, 0.4) is 0 Å². The van der Waals surface area contributed by atoms with E-state index in [4.69, 9.17) is 14.2 Å². The molecular formula is C35H45NO5. The summed E-state index contributed by atoms with van der Waals surface area (Å²) in [4.78, 5) is 15.2. The second-order valence-corrected chi connectivity index (χ2v) is 13.5. The van der Waals surface area contributed by atoms with Crippen molar-refractivity contribution in [1.29, 1.82) is 0 Å². The van der Waals surface area contributed by atoms with Gasteiger partial charge in [0.2, 0.25) is 5.76 Å². The lowest BCUT2D eigenvalue weighted by atomic mass is 9.66. The van der Waals surface area contributed by atoms with Crippen LogP contribution < -0.4 is 0 Å². The maximum atomic E-state index is 12.5. The van der Waals surface area contributed by atoms with Crippen molar-refractivity contribution < 1.29 is 24.1 Å². The molecule has 41 heavy (non-hydrogen) atoms. The molecule has 1 aromatic carbocycles. The molecule has 2 saturated heterocycles. The van der Waals surface area contributed by atoms with Crippen molar-refractivity contribution in [3.8, 4) is 0 Å². The van der Waals surface area contributed by atoms with Crippen LogP contribution in [0.15, 0.2) is 65.0 Å². The van der Waals surface area contributed by atoms with Gasteiger partial charge in [0.05, 0.1) is 18.8 Å². The summed E-state index contributed by atoms with van der Waals surface area (Å²) in [5, 5.41) is 11.7. The van der Waals surface area contributed by atoms with Crippen molar-refractivity contribution in [3.63, 3.8) is 0 Å². The summed E-state index contributed by atoms with van der Waals surface area (Å²) in [6.45, 7) is 7.04. The lowest BCUT2D eigenvalue weighted by molar-refractivity contribution is -0.133. The first-order valence-electron chi connectivity index (χ1n) is 16.0. The molecule has 6 aliphatic rings. The standard InChI is InChI=1S/C35H45NO5/c1-5-26(37)30-24-19-35(15-9-10-16-35)29(22-12-7-6-8-13-22)23(24)18-25-28-20(2)32(40-27(28)14-11-17-36(25)30)33-31(39-4)21(3)34(38)41-33/h6-8,12-14,20,23-26,28-30,37H,5,9-11,15-19H2,1-4H3. The van der Waals surface area contributed by atoms with Crippen molar-refractivity contribution in [1.82, 2.24) is 4.90 Å². The minimum atomic E-state index is -0.368. The quantitative estimate of drug-likeness (QED) is 0.428. The largest absolute Gasteiger partial charge is 0.492 e. The Morgan fingerprint density at radius 2 is 1.90 bits per heavy atom. The maximum Gasteiger partial charge on any atom is 0.343 e. The molecule has 0 radical (unpaired) electrons. The first kappa shape index (κ1) is 27.3. The Morgan fingerprint density at radius 1 is 1.15 bits per heavy atom. The van der Waals surface area contributed by atoms with Gasteiger partial charge in [0.25, 0.3) is 0 Å². The summed E-state index contributed by atoms with van der Waals surface area (Å²) >= 11 is 0. The number of nitrogens with zero attached hydrogens (tertiary/aromatic N) is 1. The third kappa shape index (κ3) is 4.07. The highest BCUT2D eigenvalue weighted by Gasteiger charge is 2.62. The average molecular weight is 560 g/mol. The first-order valence-corrected chi connectivity index (χ1v) is 16.0. The number of benzene rings is 1. The van der Waals surface area contributed by atoms with Gasteiger partial charge in [-0.25, -0.2) is 4.79 Å². The molecule has 220 valence electrons. The van der Waals surface area contributed by atoms with Gasteiger partial charge in [-0.1, -0.05) is 57.0 Å². The normalized spacial score (nSPS) is 38.6. The fourth-order valence-corrected chi connectivity index (χ4v) is 10.2. The third-order valence-corrected chi connectivity index (χ3v) is 11.7. The number of fused-ring (bicyclic) bond motifs is 4. The number of carbonyl (C=O) groups excluding carboxylic acids is 1. The SMILES string of the molecule is CCC(O)C1C2CC3(CCCC3)C(c3ccccc3)C2CC2C3C(=CCCN21)OC(=C1OC(=O)C(C)=C1OC)C3C. The number of ether oxygens (including phenoxy) is 3. The monoisotopic (exact) mass is 559 g/mol. The molecule has 4 aliphatic heterocycles. The van der Waals surface area contributed by atoms with Gasteiger partial charge < -0.3 is 19.3 Å². The first-order chi connectivity index (χ1) is 19.9. The highest BCUT2D eigenvalue weighted by Crippen LogP contribution is 2.67. The molecule has 0 aromatic heterocycles. The van der Waals surface area contributed by atoms with Gasteiger partial charge in [-0.15, -0.1) is 0 Å². The number of piperidine rings is 1. The minimum absolute atomic E-state index is 0.0266. The lowest BCUT2D eigenvalue weighted by Gasteiger charge is -2.52. The molecule has 8 unspecified atom stereocenters. The van der Waals surface area contributed by atoms with Crippen LogP contribution in [-0.4, -0.2) is 47.8 Å². The van der Waals surface area contributed by atoms with E-state index in [0.717, 1.165) is 31.6 Å². The topological polar surface area (TPSA) is 68.2 Å². The van der Waals surface area contributed by atoms with Gasteiger partial charge in [-0.3, -0.25) is 4.90 Å². The van der Waals surface area contributed by atoms with Crippen molar-refractivity contribution >= 4 is 5.97 Å². The zero-order valence-electron chi connectivity index (χ0n) is 25.0. The smallest absolute Gasteiger partial charge is 0.343 e. The molecule has 4 fully saturated rings. The van der Waals surface area contributed by atoms with E-state index >= 15 is 0 Å². The van der Waals surface area contributed by atoms with Crippen LogP contribution >= 0.6 is 0 Å². The zero-order valence-corrected chi connectivity index (χ0v) is 25.0. The second kappa shape index (κ2) is 10.3. The molecule has 1 N–H and O–H groups in total. The van der Waals surface area contributed by atoms with E-state index in [9.17, 15) is 9.90 Å². The Balaban J connectivity index is 1.32. The van der Waals surface area contributed by atoms with Gasteiger partial charge in [0, 0.05) is 30.5 Å². The Labute approximate surface area is 244 Å². The molecule has 1 spiro atoms. The maximum absolute atomic E-state index is 12.5. The van der Waals surface area contributed by atoms with Crippen LogP contribution in [0, 0.1) is 29.1 Å². The van der Waals surface area contributed by atoms with E-state index in [1.165, 1.54) is 37.7 Å². The van der Waals surface area contributed by atoms with Gasteiger partial charge in [-0.05, 0) is 80.3 Å². The van der Waals surface area contributed by atoms with Gasteiger partial charge in [-0.2, -0.15) is 0 Å². The number of rotatable bonds is 4. The van der Waals surface area contributed by atoms with E-state index < -0.39 is 0 Å². The molecule has 6 heteroatoms. The van der Waals surface area contributed by atoms with E-state index in [2.05, 4.69) is 55.2 Å². The fraction of sp³-hybridized carbons (Fsp3) is 0.629. The number of methoxy groups -OCH3 is 1. The Morgan fingerprint density at radius 3 is 2.61 bits per heavy atom. The summed E-state index contributed by atoms with van der Waals surface area (Å²) in [5.74, 6) is 3.96. The third-order valence-electron chi connectivity index (χ3n) is 11.7.